The average Bonchev–Trinajstić information content (AvgIpc) is 2.82. The molecule has 0 aliphatic rings. The van der Waals surface area contributed by atoms with Gasteiger partial charge in [0.25, 0.3) is 0 Å². The highest BCUT2D eigenvalue weighted by atomic mass is 16.5. The van der Waals surface area contributed by atoms with E-state index in [1.165, 1.54) is 0 Å². The van der Waals surface area contributed by atoms with Crippen LogP contribution in [0.4, 0.5) is 0 Å². The molecule has 2 aromatic heterocycles. The third-order valence-corrected chi connectivity index (χ3v) is 2.76. The van der Waals surface area contributed by atoms with Crippen LogP contribution in [-0.4, -0.2) is 21.1 Å². The number of benzene rings is 1. The van der Waals surface area contributed by atoms with E-state index in [9.17, 15) is 0 Å². The van der Waals surface area contributed by atoms with Crippen LogP contribution >= 0.6 is 0 Å². The number of hydrogen-bond acceptors (Lipinski definition) is 3. The first-order valence-corrected chi connectivity index (χ1v) is 6.29. The lowest BCUT2D eigenvalue weighted by atomic mass is 10.2. The van der Waals surface area contributed by atoms with Crippen molar-refractivity contribution < 1.29 is 4.74 Å². The van der Waals surface area contributed by atoms with E-state index in [0.717, 1.165) is 28.2 Å². The molecule has 0 atom stereocenters. The number of aromatic amines is 1. The third-order valence-electron chi connectivity index (χ3n) is 2.76. The molecule has 1 N–H and O–H groups in total. The van der Waals surface area contributed by atoms with Crippen molar-refractivity contribution in [2.75, 3.05) is 0 Å². The third kappa shape index (κ3) is 2.42. The van der Waals surface area contributed by atoms with Crippen molar-refractivity contribution in [3.05, 3.63) is 42.7 Å². The van der Waals surface area contributed by atoms with Crippen LogP contribution in [0.2, 0.25) is 0 Å². The largest absolute Gasteiger partial charge is 0.491 e. The van der Waals surface area contributed by atoms with Crippen LogP contribution in [0.25, 0.3) is 22.4 Å². The number of rotatable bonds is 3. The molecule has 0 saturated heterocycles. The zero-order valence-corrected chi connectivity index (χ0v) is 10.9. The van der Waals surface area contributed by atoms with Gasteiger partial charge < -0.3 is 9.72 Å². The molecule has 3 aromatic rings. The standard InChI is InChI=1S/C15H15N3O/c1-10(2)19-12-5-3-4-11(8-12)15-17-13-6-7-16-9-14(13)18-15/h3-10H,1-2H3,(H,17,18). The number of aromatic nitrogens is 3. The first-order chi connectivity index (χ1) is 9.22. The SMILES string of the molecule is CC(C)Oc1cccc(-c2nc3ccncc3[nH]2)c1. The van der Waals surface area contributed by atoms with Crippen LogP contribution in [0, 0.1) is 0 Å². The Morgan fingerprint density at radius 1 is 1.21 bits per heavy atom. The lowest BCUT2D eigenvalue weighted by Gasteiger charge is -2.10. The first kappa shape index (κ1) is 11.7. The molecule has 4 nitrogen and oxygen atoms in total. The Labute approximate surface area is 111 Å². The number of imidazole rings is 1. The molecular formula is C15H15N3O. The molecule has 96 valence electrons. The van der Waals surface area contributed by atoms with Gasteiger partial charge in [-0.25, -0.2) is 4.98 Å². The fourth-order valence-electron chi connectivity index (χ4n) is 1.98. The van der Waals surface area contributed by atoms with Crippen LogP contribution in [0.3, 0.4) is 0 Å². The number of nitrogens with one attached hydrogen (secondary N) is 1. The van der Waals surface area contributed by atoms with Crippen LogP contribution in [0.5, 0.6) is 5.75 Å². The lowest BCUT2D eigenvalue weighted by Crippen LogP contribution is -2.05. The summed E-state index contributed by atoms with van der Waals surface area (Å²) in [5.41, 5.74) is 2.86. The van der Waals surface area contributed by atoms with Crippen molar-refractivity contribution >= 4 is 11.0 Å². The highest BCUT2D eigenvalue weighted by molar-refractivity contribution is 5.78. The molecule has 3 rings (SSSR count). The summed E-state index contributed by atoms with van der Waals surface area (Å²) in [5, 5.41) is 0. The van der Waals surface area contributed by atoms with E-state index < -0.39 is 0 Å². The molecular weight excluding hydrogens is 238 g/mol. The van der Waals surface area contributed by atoms with Gasteiger partial charge in [-0.15, -0.1) is 0 Å². The van der Waals surface area contributed by atoms with E-state index in [0.29, 0.717) is 0 Å². The van der Waals surface area contributed by atoms with E-state index in [1.807, 2.05) is 44.2 Å². The van der Waals surface area contributed by atoms with Crippen molar-refractivity contribution in [2.45, 2.75) is 20.0 Å². The second-order valence-electron chi connectivity index (χ2n) is 4.67. The zero-order chi connectivity index (χ0) is 13.2. The summed E-state index contributed by atoms with van der Waals surface area (Å²) >= 11 is 0. The Hall–Kier alpha value is -2.36. The normalized spacial score (nSPS) is 11.1. The van der Waals surface area contributed by atoms with E-state index in [4.69, 9.17) is 4.74 Å². The second-order valence-corrected chi connectivity index (χ2v) is 4.67. The Balaban J connectivity index is 2.01. The quantitative estimate of drug-likeness (QED) is 0.778. The summed E-state index contributed by atoms with van der Waals surface area (Å²) in [6.07, 6.45) is 3.68. The summed E-state index contributed by atoms with van der Waals surface area (Å²) in [6.45, 7) is 4.03. The van der Waals surface area contributed by atoms with Crippen LogP contribution in [0.15, 0.2) is 42.7 Å². The van der Waals surface area contributed by atoms with Crippen molar-refractivity contribution in [1.82, 2.24) is 15.0 Å². The number of nitrogens with zero attached hydrogens (tertiary/aromatic N) is 2. The van der Waals surface area contributed by atoms with E-state index in [1.54, 1.807) is 12.4 Å². The highest BCUT2D eigenvalue weighted by Gasteiger charge is 2.06. The number of hydrogen-bond donors (Lipinski definition) is 1. The van der Waals surface area contributed by atoms with Gasteiger partial charge in [-0.2, -0.15) is 0 Å². The van der Waals surface area contributed by atoms with E-state index in [-0.39, 0.29) is 6.10 Å². The Morgan fingerprint density at radius 2 is 2.11 bits per heavy atom. The van der Waals surface area contributed by atoms with Gasteiger partial charge in [0.1, 0.15) is 11.6 Å². The monoisotopic (exact) mass is 253 g/mol. The average molecular weight is 253 g/mol. The predicted molar refractivity (Wildman–Crippen MR) is 75.1 cm³/mol. The summed E-state index contributed by atoms with van der Waals surface area (Å²) < 4.78 is 5.70. The summed E-state index contributed by atoms with van der Waals surface area (Å²) in [7, 11) is 0. The molecule has 1 aromatic carbocycles. The van der Waals surface area contributed by atoms with E-state index >= 15 is 0 Å². The van der Waals surface area contributed by atoms with Gasteiger partial charge in [0, 0.05) is 11.8 Å². The zero-order valence-electron chi connectivity index (χ0n) is 10.9. The number of H-pyrrole nitrogens is 1. The molecule has 0 fully saturated rings. The van der Waals surface area contributed by atoms with Gasteiger partial charge in [-0.1, -0.05) is 12.1 Å². The molecule has 2 heterocycles. The topological polar surface area (TPSA) is 50.8 Å². The highest BCUT2D eigenvalue weighted by Crippen LogP contribution is 2.24. The molecule has 0 unspecified atom stereocenters. The molecule has 0 saturated carbocycles. The van der Waals surface area contributed by atoms with Crippen molar-refractivity contribution in [3.8, 4) is 17.1 Å². The van der Waals surface area contributed by atoms with Crippen LogP contribution in [0.1, 0.15) is 13.8 Å². The Morgan fingerprint density at radius 3 is 2.89 bits per heavy atom. The van der Waals surface area contributed by atoms with Gasteiger partial charge in [-0.3, -0.25) is 4.98 Å². The maximum absolute atomic E-state index is 5.70. The maximum atomic E-state index is 5.70. The maximum Gasteiger partial charge on any atom is 0.138 e. The minimum atomic E-state index is 0.162. The predicted octanol–water partition coefficient (Wildman–Crippen LogP) is 3.41. The summed E-state index contributed by atoms with van der Waals surface area (Å²) in [5.74, 6) is 1.68. The van der Waals surface area contributed by atoms with Crippen molar-refractivity contribution in [2.24, 2.45) is 0 Å². The number of ether oxygens (including phenoxy) is 1. The van der Waals surface area contributed by atoms with Crippen molar-refractivity contribution in [1.29, 1.82) is 0 Å². The first-order valence-electron chi connectivity index (χ1n) is 6.29. The van der Waals surface area contributed by atoms with Crippen LogP contribution in [-0.2, 0) is 0 Å². The smallest absolute Gasteiger partial charge is 0.138 e. The number of fused-ring (bicyclic) bond motifs is 1. The van der Waals surface area contributed by atoms with E-state index in [2.05, 4.69) is 15.0 Å². The lowest BCUT2D eigenvalue weighted by molar-refractivity contribution is 0.242. The van der Waals surface area contributed by atoms with Gasteiger partial charge in [-0.05, 0) is 32.0 Å². The minimum absolute atomic E-state index is 0.162. The molecule has 0 radical (unpaired) electrons. The Bertz CT molecular complexity index is 670. The van der Waals surface area contributed by atoms with Crippen molar-refractivity contribution in [3.63, 3.8) is 0 Å². The minimum Gasteiger partial charge on any atom is -0.491 e. The molecule has 0 aliphatic carbocycles. The molecule has 4 heteroatoms. The van der Waals surface area contributed by atoms with Gasteiger partial charge in [0.2, 0.25) is 0 Å². The Kier molecular flexibility index (Phi) is 2.91. The van der Waals surface area contributed by atoms with Gasteiger partial charge in [0.15, 0.2) is 0 Å². The molecule has 19 heavy (non-hydrogen) atoms. The molecule has 0 spiro atoms. The number of pyridine rings is 1. The molecule has 0 aliphatic heterocycles. The summed E-state index contributed by atoms with van der Waals surface area (Å²) in [4.78, 5) is 11.9. The fraction of sp³-hybridized carbons (Fsp3) is 0.200. The molecule has 0 bridgehead atoms. The summed E-state index contributed by atoms with van der Waals surface area (Å²) in [6, 6.07) is 9.82. The molecule has 0 amide bonds. The van der Waals surface area contributed by atoms with Gasteiger partial charge in [0.05, 0.1) is 23.3 Å². The van der Waals surface area contributed by atoms with Gasteiger partial charge >= 0.3 is 0 Å². The van der Waals surface area contributed by atoms with Crippen LogP contribution < -0.4 is 4.74 Å². The second kappa shape index (κ2) is 4.72. The fourth-order valence-corrected chi connectivity index (χ4v) is 1.98.